The normalized spacial score (nSPS) is 24.7. The predicted molar refractivity (Wildman–Crippen MR) is 93.7 cm³/mol. The van der Waals surface area contributed by atoms with Crippen molar-refractivity contribution in [2.24, 2.45) is 5.92 Å². The molecule has 1 unspecified atom stereocenters. The fraction of sp³-hybridized carbons (Fsp3) is 0.588. The monoisotopic (exact) mass is 452 g/mol. The third-order valence-electron chi connectivity index (χ3n) is 4.87. The Morgan fingerprint density at radius 3 is 2.42 bits per heavy atom. The second kappa shape index (κ2) is 7.19. The molecule has 24 heavy (non-hydrogen) atoms. The minimum absolute atomic E-state index is 0.0232. The van der Waals surface area contributed by atoms with Crippen LogP contribution in [0.2, 0.25) is 0 Å². The predicted octanol–water partition coefficient (Wildman–Crippen LogP) is 3.54. The number of rotatable bonds is 4. The molecule has 0 aromatic heterocycles. The lowest BCUT2D eigenvalue weighted by atomic mass is 9.97. The van der Waals surface area contributed by atoms with Gasteiger partial charge in [-0.05, 0) is 78.6 Å². The van der Waals surface area contributed by atoms with Crippen LogP contribution in [0.5, 0.6) is 0 Å². The van der Waals surface area contributed by atoms with Gasteiger partial charge in [0.25, 0.3) is 0 Å². The summed E-state index contributed by atoms with van der Waals surface area (Å²) in [6, 6.07) is 7.48. The quantitative estimate of drug-likeness (QED) is 0.710. The van der Waals surface area contributed by atoms with Crippen LogP contribution in [0.15, 0.2) is 24.3 Å². The molecule has 2 fully saturated rings. The summed E-state index contributed by atoms with van der Waals surface area (Å²) in [6.45, 7) is 1.83. The van der Waals surface area contributed by atoms with Gasteiger partial charge in [0, 0.05) is 22.1 Å². The molecule has 1 amide bonds. The molecule has 0 spiro atoms. The number of carbonyl (C=O) groups is 1. The molecule has 2 aliphatic rings. The molecular formula is C17H20F3IN2O. The van der Waals surface area contributed by atoms with Crippen LogP contribution in [0.25, 0.3) is 0 Å². The topological polar surface area (TPSA) is 32.3 Å². The van der Waals surface area contributed by atoms with Crippen LogP contribution in [-0.4, -0.2) is 42.7 Å². The number of alkyl halides is 3. The van der Waals surface area contributed by atoms with Crippen molar-refractivity contribution >= 4 is 28.5 Å². The van der Waals surface area contributed by atoms with E-state index < -0.39 is 12.1 Å². The minimum Gasteiger partial charge on any atom is -0.331 e. The fourth-order valence-corrected chi connectivity index (χ4v) is 3.83. The molecule has 1 heterocycles. The van der Waals surface area contributed by atoms with Crippen molar-refractivity contribution < 1.29 is 18.0 Å². The lowest BCUT2D eigenvalue weighted by Gasteiger charge is -2.31. The Morgan fingerprint density at radius 1 is 1.21 bits per heavy atom. The van der Waals surface area contributed by atoms with Gasteiger partial charge in [0.15, 0.2) is 0 Å². The highest BCUT2D eigenvalue weighted by Gasteiger charge is 2.52. The van der Waals surface area contributed by atoms with Crippen molar-refractivity contribution in [2.75, 3.05) is 19.6 Å². The second-order valence-electron chi connectivity index (χ2n) is 6.61. The van der Waals surface area contributed by atoms with E-state index in [0.29, 0.717) is 6.42 Å². The summed E-state index contributed by atoms with van der Waals surface area (Å²) in [5, 5.41) is 3.21. The third-order valence-corrected chi connectivity index (χ3v) is 5.59. The Labute approximate surface area is 153 Å². The largest absolute Gasteiger partial charge is 0.471 e. The molecule has 1 saturated heterocycles. The highest BCUT2D eigenvalue weighted by atomic mass is 127. The molecule has 1 aromatic carbocycles. The standard InChI is InChI=1S/C17H20F3IN2O/c18-17(19,20)16(24)23(10-11-5-7-22-8-6-11)15-9-14(15)12-1-3-13(21)4-2-12/h1-4,11,14-15,22H,5-10H2/t14-,15?/m1/s1. The van der Waals surface area contributed by atoms with Crippen LogP contribution in [0, 0.1) is 9.49 Å². The van der Waals surface area contributed by atoms with E-state index in [4.69, 9.17) is 0 Å². The molecule has 1 aliphatic carbocycles. The van der Waals surface area contributed by atoms with Gasteiger partial charge in [-0.25, -0.2) is 0 Å². The molecule has 0 radical (unpaired) electrons. The maximum Gasteiger partial charge on any atom is 0.471 e. The van der Waals surface area contributed by atoms with E-state index in [1.807, 2.05) is 24.3 Å². The molecule has 1 N–H and O–H groups in total. The zero-order chi connectivity index (χ0) is 17.3. The van der Waals surface area contributed by atoms with E-state index in [2.05, 4.69) is 27.9 Å². The number of hydrogen-bond donors (Lipinski definition) is 1. The minimum atomic E-state index is -4.80. The van der Waals surface area contributed by atoms with Crippen molar-refractivity contribution in [2.45, 2.75) is 37.4 Å². The van der Waals surface area contributed by atoms with Crippen LogP contribution in [-0.2, 0) is 4.79 Å². The van der Waals surface area contributed by atoms with Gasteiger partial charge in [0.05, 0.1) is 0 Å². The van der Waals surface area contributed by atoms with Crippen molar-refractivity contribution in [3.05, 3.63) is 33.4 Å². The van der Waals surface area contributed by atoms with Crippen molar-refractivity contribution in [3.63, 3.8) is 0 Å². The van der Waals surface area contributed by atoms with E-state index in [-0.39, 0.29) is 24.4 Å². The van der Waals surface area contributed by atoms with Gasteiger partial charge in [0.1, 0.15) is 0 Å². The summed E-state index contributed by atoms with van der Waals surface area (Å²) < 4.78 is 40.1. The van der Waals surface area contributed by atoms with Gasteiger partial charge in [-0.15, -0.1) is 0 Å². The lowest BCUT2D eigenvalue weighted by Crippen LogP contribution is -2.46. The van der Waals surface area contributed by atoms with Crippen LogP contribution in [0.1, 0.15) is 30.7 Å². The van der Waals surface area contributed by atoms with E-state index in [1.165, 1.54) is 0 Å². The Hall–Kier alpha value is -0.830. The average Bonchev–Trinajstić information content (AvgIpc) is 3.33. The zero-order valence-corrected chi connectivity index (χ0v) is 15.3. The number of hydrogen-bond acceptors (Lipinski definition) is 2. The molecule has 1 aliphatic heterocycles. The molecule has 2 atom stereocenters. The highest BCUT2D eigenvalue weighted by molar-refractivity contribution is 14.1. The van der Waals surface area contributed by atoms with Gasteiger partial charge in [0.2, 0.25) is 0 Å². The molecular weight excluding hydrogens is 432 g/mol. The van der Waals surface area contributed by atoms with Crippen LogP contribution in [0.4, 0.5) is 13.2 Å². The van der Waals surface area contributed by atoms with Crippen molar-refractivity contribution in [1.82, 2.24) is 10.2 Å². The summed E-state index contributed by atoms with van der Waals surface area (Å²) in [6.07, 6.45) is -2.54. The summed E-state index contributed by atoms with van der Waals surface area (Å²) >= 11 is 2.20. The van der Waals surface area contributed by atoms with E-state index >= 15 is 0 Å². The number of amides is 1. The van der Waals surface area contributed by atoms with E-state index in [1.54, 1.807) is 0 Å². The Kier molecular flexibility index (Phi) is 5.39. The third kappa shape index (κ3) is 4.22. The summed E-state index contributed by atoms with van der Waals surface area (Å²) in [7, 11) is 0. The Bertz CT molecular complexity index is 584. The molecule has 7 heteroatoms. The second-order valence-corrected chi connectivity index (χ2v) is 7.86. The van der Waals surface area contributed by atoms with Gasteiger partial charge in [-0.3, -0.25) is 4.79 Å². The molecule has 1 aromatic rings. The number of nitrogens with one attached hydrogen (secondary N) is 1. The Balaban J connectivity index is 1.72. The SMILES string of the molecule is O=C(N(CC1CCNCC1)C1C[C@@H]1c1ccc(I)cc1)C(F)(F)F. The molecule has 0 bridgehead atoms. The molecule has 132 valence electrons. The first-order valence-corrected chi connectivity index (χ1v) is 9.28. The van der Waals surface area contributed by atoms with Gasteiger partial charge in [-0.2, -0.15) is 13.2 Å². The first-order chi connectivity index (χ1) is 11.4. The first kappa shape index (κ1) is 18.0. The maximum atomic E-state index is 13.0. The maximum absolute atomic E-state index is 13.0. The van der Waals surface area contributed by atoms with E-state index in [0.717, 1.165) is 40.0 Å². The van der Waals surface area contributed by atoms with Crippen LogP contribution < -0.4 is 5.32 Å². The van der Waals surface area contributed by atoms with Gasteiger partial charge >= 0.3 is 12.1 Å². The smallest absolute Gasteiger partial charge is 0.331 e. The molecule has 3 nitrogen and oxygen atoms in total. The Morgan fingerprint density at radius 2 is 1.83 bits per heavy atom. The number of piperidine rings is 1. The average molecular weight is 452 g/mol. The molecule has 3 rings (SSSR count). The highest BCUT2D eigenvalue weighted by Crippen LogP contribution is 2.46. The fourth-order valence-electron chi connectivity index (χ4n) is 3.47. The van der Waals surface area contributed by atoms with Gasteiger partial charge in [-0.1, -0.05) is 12.1 Å². The number of nitrogens with zero attached hydrogens (tertiary/aromatic N) is 1. The first-order valence-electron chi connectivity index (χ1n) is 8.20. The zero-order valence-electron chi connectivity index (χ0n) is 13.2. The summed E-state index contributed by atoms with van der Waals surface area (Å²) in [4.78, 5) is 13.0. The van der Waals surface area contributed by atoms with E-state index in [9.17, 15) is 18.0 Å². The van der Waals surface area contributed by atoms with Crippen LogP contribution >= 0.6 is 22.6 Å². The van der Waals surface area contributed by atoms with Gasteiger partial charge < -0.3 is 10.2 Å². The molecule has 1 saturated carbocycles. The lowest BCUT2D eigenvalue weighted by molar-refractivity contribution is -0.186. The number of benzene rings is 1. The summed E-state index contributed by atoms with van der Waals surface area (Å²) in [5.41, 5.74) is 1.02. The number of halogens is 4. The van der Waals surface area contributed by atoms with Crippen molar-refractivity contribution in [3.8, 4) is 0 Å². The summed E-state index contributed by atoms with van der Waals surface area (Å²) in [5.74, 6) is -1.51. The number of carbonyl (C=O) groups excluding carboxylic acids is 1. The van der Waals surface area contributed by atoms with Crippen molar-refractivity contribution in [1.29, 1.82) is 0 Å². The van der Waals surface area contributed by atoms with Crippen LogP contribution in [0.3, 0.4) is 0 Å².